The van der Waals surface area contributed by atoms with Crippen molar-refractivity contribution in [3.05, 3.63) is 76.0 Å². The maximum absolute atomic E-state index is 14.8. The van der Waals surface area contributed by atoms with Gasteiger partial charge in [0.2, 0.25) is 11.2 Å². The maximum atomic E-state index is 14.8. The van der Waals surface area contributed by atoms with Crippen LogP contribution in [0.4, 0.5) is 15.8 Å². The highest BCUT2D eigenvalue weighted by atomic mass is 127. The summed E-state index contributed by atoms with van der Waals surface area (Å²) in [6.45, 7) is 9.86. The molecule has 0 aliphatic carbocycles. The summed E-state index contributed by atoms with van der Waals surface area (Å²) in [5.74, 6) is -0.248. The van der Waals surface area contributed by atoms with Crippen LogP contribution < -0.4 is 44.4 Å². The van der Waals surface area contributed by atoms with Crippen molar-refractivity contribution in [2.45, 2.75) is 33.1 Å². The van der Waals surface area contributed by atoms with E-state index in [1.165, 1.54) is 19.3 Å². The van der Waals surface area contributed by atoms with Crippen molar-refractivity contribution < 1.29 is 37.4 Å². The summed E-state index contributed by atoms with van der Waals surface area (Å²) < 4.78 is 22.5. The zero-order chi connectivity index (χ0) is 27.4. The fourth-order valence-electron chi connectivity index (χ4n) is 5.45. The Kier molecular flexibility index (Phi) is 10.2. The lowest BCUT2D eigenvalue weighted by Gasteiger charge is -2.26. The summed E-state index contributed by atoms with van der Waals surface area (Å²) in [5, 5.41) is 5.00. The quantitative estimate of drug-likeness (QED) is 0.171. The summed E-state index contributed by atoms with van der Waals surface area (Å²) in [7, 11) is 1.95. The summed E-state index contributed by atoms with van der Waals surface area (Å²) in [6.07, 6.45) is 7.48. The van der Waals surface area contributed by atoms with Crippen molar-refractivity contribution >= 4 is 45.4 Å². The Labute approximate surface area is 252 Å². The Morgan fingerprint density at radius 1 is 1.00 bits per heavy atom. The number of halogens is 2. The lowest BCUT2D eigenvalue weighted by atomic mass is 10.1. The number of benzene rings is 2. The number of piperidine rings is 1. The highest BCUT2D eigenvalue weighted by Gasteiger charge is 2.15. The van der Waals surface area contributed by atoms with E-state index in [0.29, 0.717) is 23.4 Å². The van der Waals surface area contributed by atoms with Crippen LogP contribution in [-0.2, 0) is 7.05 Å². The number of hydrogen-bond acceptors (Lipinski definition) is 5. The highest BCUT2D eigenvalue weighted by molar-refractivity contribution is 5.84. The lowest BCUT2D eigenvalue weighted by molar-refractivity contribution is -0.646. The zero-order valence-corrected chi connectivity index (χ0v) is 25.7. The predicted octanol–water partition coefficient (Wildman–Crippen LogP) is 2.83. The number of nitrogens with zero attached hydrogens (tertiary/aromatic N) is 3. The SMILES string of the molecule is CCN(CC)c1ccc2cc(/C=C/c3ccc4cc(F)c(NCCN5CCCCC5)cc4[n+]3C)c(=O)oc2c1.[I-]. The summed E-state index contributed by atoms with van der Waals surface area (Å²) in [6, 6.07) is 15.1. The van der Waals surface area contributed by atoms with Crippen LogP contribution in [0, 0.1) is 5.82 Å². The van der Waals surface area contributed by atoms with Crippen LogP contribution in [0.15, 0.2) is 57.7 Å². The monoisotopic (exact) mass is 656 g/mol. The Hall–Kier alpha value is -2.98. The molecule has 1 aliphatic heterocycles. The van der Waals surface area contributed by atoms with Gasteiger partial charge in [-0.15, -0.1) is 0 Å². The predicted molar refractivity (Wildman–Crippen MR) is 159 cm³/mol. The molecule has 0 unspecified atom stereocenters. The van der Waals surface area contributed by atoms with Gasteiger partial charge in [-0.05, 0) is 76.2 Å². The molecule has 2 aromatic heterocycles. The Morgan fingerprint density at radius 3 is 2.50 bits per heavy atom. The number of pyridine rings is 1. The summed E-state index contributed by atoms with van der Waals surface area (Å²) >= 11 is 0. The first-order valence-electron chi connectivity index (χ1n) is 14.1. The van der Waals surface area contributed by atoms with E-state index in [1.54, 1.807) is 12.1 Å². The minimum atomic E-state index is -0.374. The Morgan fingerprint density at radius 2 is 1.75 bits per heavy atom. The summed E-state index contributed by atoms with van der Waals surface area (Å²) in [5.41, 5.74) is 4.05. The number of anilines is 2. The normalized spacial score (nSPS) is 14.1. The van der Waals surface area contributed by atoms with E-state index < -0.39 is 0 Å². The second-order valence-electron chi connectivity index (χ2n) is 10.3. The number of aryl methyl sites for hydroxylation is 1. The van der Waals surface area contributed by atoms with Crippen LogP contribution in [0.3, 0.4) is 0 Å². The number of hydrogen-bond donors (Lipinski definition) is 1. The van der Waals surface area contributed by atoms with Gasteiger partial charge < -0.3 is 43.5 Å². The van der Waals surface area contributed by atoms with Crippen LogP contribution in [0.2, 0.25) is 0 Å². The second-order valence-corrected chi connectivity index (χ2v) is 10.3. The maximum Gasteiger partial charge on any atom is 0.343 e. The molecule has 0 spiro atoms. The van der Waals surface area contributed by atoms with E-state index in [4.69, 9.17) is 4.42 Å². The van der Waals surface area contributed by atoms with E-state index in [0.717, 1.165) is 60.4 Å². The second kappa shape index (κ2) is 13.6. The molecule has 8 heteroatoms. The average Bonchev–Trinajstić information content (AvgIpc) is 2.94. The zero-order valence-electron chi connectivity index (χ0n) is 23.6. The number of likely N-dealkylation sites (tertiary alicyclic amines) is 1. The van der Waals surface area contributed by atoms with Crippen molar-refractivity contribution in [3.63, 3.8) is 0 Å². The molecule has 0 atom stereocenters. The van der Waals surface area contributed by atoms with Gasteiger partial charge in [-0.1, -0.05) is 6.42 Å². The van der Waals surface area contributed by atoms with Gasteiger partial charge in [0, 0.05) is 66.9 Å². The van der Waals surface area contributed by atoms with E-state index in [-0.39, 0.29) is 35.4 Å². The van der Waals surface area contributed by atoms with Crippen molar-refractivity contribution in [2.75, 3.05) is 49.5 Å². The van der Waals surface area contributed by atoms with Crippen LogP contribution in [0.1, 0.15) is 44.4 Å². The largest absolute Gasteiger partial charge is 1.00 e. The molecule has 1 saturated heterocycles. The molecular weight excluding hydrogens is 618 g/mol. The topological polar surface area (TPSA) is 52.6 Å². The third kappa shape index (κ3) is 6.66. The van der Waals surface area contributed by atoms with Gasteiger partial charge in [0.25, 0.3) is 0 Å². The molecule has 0 saturated carbocycles. The standard InChI is InChI=1S/C32H37FN4O2.HI/c1-4-37(5-2)27-14-10-24-19-25(32(38)39-31(24)21-27)11-13-26-12-9-23-20-28(33)29(22-30(23)35(26)3)34-15-18-36-16-7-6-8-17-36;/h9-14,19-22H,4-8,15-18H2,1-3H3;1H/b13-11+;. The van der Waals surface area contributed by atoms with Gasteiger partial charge in [-0.3, -0.25) is 0 Å². The Balaban J connectivity index is 0.00000370. The first-order chi connectivity index (χ1) is 19.0. The molecule has 2 aromatic carbocycles. The number of nitrogens with one attached hydrogen (secondary N) is 1. The van der Waals surface area contributed by atoms with Crippen LogP contribution >= 0.6 is 0 Å². The minimum Gasteiger partial charge on any atom is -1.00 e. The summed E-state index contributed by atoms with van der Waals surface area (Å²) in [4.78, 5) is 17.4. The van der Waals surface area contributed by atoms with Gasteiger partial charge in [0.05, 0.1) is 11.3 Å². The lowest BCUT2D eigenvalue weighted by Crippen LogP contribution is -3.00. The molecule has 4 aromatic rings. The molecule has 5 rings (SSSR count). The molecular formula is C32H38FIN4O2. The smallest absolute Gasteiger partial charge is 0.343 e. The fraction of sp³-hybridized carbons (Fsp3) is 0.375. The van der Waals surface area contributed by atoms with Crippen LogP contribution in [0.25, 0.3) is 34.0 Å². The third-order valence-electron chi connectivity index (χ3n) is 7.80. The van der Waals surface area contributed by atoms with Gasteiger partial charge in [0.1, 0.15) is 18.4 Å². The Bertz CT molecular complexity index is 1560. The third-order valence-corrected chi connectivity index (χ3v) is 7.80. The first-order valence-corrected chi connectivity index (χ1v) is 14.1. The van der Waals surface area contributed by atoms with Crippen molar-refractivity contribution in [3.8, 4) is 0 Å². The van der Waals surface area contributed by atoms with E-state index in [1.807, 2.05) is 54.1 Å². The molecule has 212 valence electrons. The molecule has 0 amide bonds. The van der Waals surface area contributed by atoms with Gasteiger partial charge in [0.15, 0.2) is 0 Å². The molecule has 1 aliphatic rings. The van der Waals surface area contributed by atoms with Crippen LogP contribution in [-0.4, -0.2) is 44.2 Å². The molecule has 0 radical (unpaired) electrons. The molecule has 3 heterocycles. The van der Waals surface area contributed by atoms with Crippen molar-refractivity contribution in [1.29, 1.82) is 0 Å². The van der Waals surface area contributed by atoms with Gasteiger partial charge in [-0.2, -0.15) is 4.57 Å². The minimum absolute atomic E-state index is 0. The molecule has 40 heavy (non-hydrogen) atoms. The average molecular weight is 657 g/mol. The molecule has 0 bridgehead atoms. The molecule has 1 fully saturated rings. The first kappa shape index (κ1) is 30.0. The number of fused-ring (bicyclic) bond motifs is 2. The number of aromatic nitrogens is 1. The van der Waals surface area contributed by atoms with Gasteiger partial charge >= 0.3 is 5.63 Å². The highest BCUT2D eigenvalue weighted by Crippen LogP contribution is 2.24. The van der Waals surface area contributed by atoms with E-state index in [2.05, 4.69) is 35.0 Å². The fourth-order valence-corrected chi connectivity index (χ4v) is 5.45. The van der Waals surface area contributed by atoms with Crippen molar-refractivity contribution in [1.82, 2.24) is 4.90 Å². The van der Waals surface area contributed by atoms with Crippen LogP contribution in [0.5, 0.6) is 0 Å². The van der Waals surface area contributed by atoms with Crippen molar-refractivity contribution in [2.24, 2.45) is 7.05 Å². The van der Waals surface area contributed by atoms with E-state index >= 15 is 0 Å². The van der Waals surface area contributed by atoms with Gasteiger partial charge in [-0.25, -0.2) is 9.18 Å². The molecule has 1 N–H and O–H groups in total. The van der Waals surface area contributed by atoms with E-state index in [9.17, 15) is 9.18 Å². The number of rotatable bonds is 9. The molecule has 6 nitrogen and oxygen atoms in total.